The van der Waals surface area contributed by atoms with E-state index in [2.05, 4.69) is 4.98 Å². The van der Waals surface area contributed by atoms with Gasteiger partial charge in [0.25, 0.3) is 0 Å². The summed E-state index contributed by atoms with van der Waals surface area (Å²) < 4.78 is 40.5. The summed E-state index contributed by atoms with van der Waals surface area (Å²) >= 11 is 0. The van der Waals surface area contributed by atoms with E-state index in [4.69, 9.17) is 9.84 Å². The van der Waals surface area contributed by atoms with Crippen molar-refractivity contribution in [1.82, 2.24) is 4.98 Å². The van der Waals surface area contributed by atoms with Crippen LogP contribution >= 0.6 is 0 Å². The zero-order chi connectivity index (χ0) is 13.1. The molecule has 0 radical (unpaired) electrons. The fourth-order valence-corrected chi connectivity index (χ4v) is 1.09. The first-order chi connectivity index (χ1) is 7.79. The van der Waals surface area contributed by atoms with Crippen LogP contribution in [0.2, 0.25) is 0 Å². The molecular formula is C10H10F3NO3. The largest absolute Gasteiger partial charge is 0.492 e. The van der Waals surface area contributed by atoms with Crippen LogP contribution < -0.4 is 4.74 Å². The zero-order valence-corrected chi connectivity index (χ0v) is 8.91. The number of rotatable bonds is 4. The minimum atomic E-state index is -4.33. The number of ether oxygens (including phenoxy) is 1. The Kier molecular flexibility index (Phi) is 3.93. The number of aryl methyl sites for hydroxylation is 1. The number of pyridine rings is 1. The number of carboxylic acid groups (broad SMARTS) is 1. The Morgan fingerprint density at radius 3 is 2.71 bits per heavy atom. The molecule has 0 saturated carbocycles. The lowest BCUT2D eigenvalue weighted by atomic mass is 10.2. The molecule has 0 amide bonds. The molecule has 0 spiro atoms. The van der Waals surface area contributed by atoms with Gasteiger partial charge < -0.3 is 9.84 Å². The number of aromatic carboxylic acids is 1. The molecule has 0 fully saturated rings. The highest BCUT2D eigenvalue weighted by molar-refractivity contribution is 5.90. The maximum Gasteiger partial charge on any atom is 0.392 e. The van der Waals surface area contributed by atoms with Crippen LogP contribution in [0.5, 0.6) is 5.75 Å². The van der Waals surface area contributed by atoms with Gasteiger partial charge in [-0.25, -0.2) is 4.79 Å². The van der Waals surface area contributed by atoms with Crippen molar-refractivity contribution in [3.63, 3.8) is 0 Å². The molecule has 7 heteroatoms. The SMILES string of the molecule is Cc1cc(OCCC(F)(F)F)c(C(=O)O)cn1. The minimum Gasteiger partial charge on any atom is -0.492 e. The van der Waals surface area contributed by atoms with Crippen LogP contribution in [0.4, 0.5) is 13.2 Å². The average molecular weight is 249 g/mol. The molecule has 0 aliphatic heterocycles. The number of hydrogen-bond donors (Lipinski definition) is 1. The Bertz CT molecular complexity index is 418. The van der Waals surface area contributed by atoms with Gasteiger partial charge in [0.2, 0.25) is 0 Å². The van der Waals surface area contributed by atoms with E-state index < -0.39 is 25.2 Å². The molecular weight excluding hydrogens is 239 g/mol. The van der Waals surface area contributed by atoms with Gasteiger partial charge in [-0.1, -0.05) is 0 Å². The summed E-state index contributed by atoms with van der Waals surface area (Å²) in [6.07, 6.45) is -4.40. The molecule has 0 atom stereocenters. The van der Waals surface area contributed by atoms with E-state index in [1.54, 1.807) is 6.92 Å². The number of alkyl halides is 3. The second kappa shape index (κ2) is 5.03. The molecule has 4 nitrogen and oxygen atoms in total. The predicted molar refractivity (Wildman–Crippen MR) is 52.1 cm³/mol. The first-order valence-corrected chi connectivity index (χ1v) is 4.69. The van der Waals surface area contributed by atoms with E-state index in [0.717, 1.165) is 6.20 Å². The summed E-state index contributed by atoms with van der Waals surface area (Å²) in [5.41, 5.74) is 0.217. The number of nitrogens with zero attached hydrogens (tertiary/aromatic N) is 1. The topological polar surface area (TPSA) is 59.4 Å². The van der Waals surface area contributed by atoms with Gasteiger partial charge in [0, 0.05) is 18.0 Å². The van der Waals surface area contributed by atoms with Gasteiger partial charge in [0.15, 0.2) is 0 Å². The normalized spacial score (nSPS) is 11.3. The standard InChI is InChI=1S/C10H10F3NO3/c1-6-4-8(7(5-14-6)9(15)16)17-3-2-10(11,12)13/h4-5H,2-3H2,1H3,(H,15,16). The van der Waals surface area contributed by atoms with Crippen molar-refractivity contribution >= 4 is 5.97 Å². The molecule has 0 saturated heterocycles. The smallest absolute Gasteiger partial charge is 0.392 e. The van der Waals surface area contributed by atoms with Gasteiger partial charge in [0.05, 0.1) is 13.0 Å². The van der Waals surface area contributed by atoms with Crippen molar-refractivity contribution in [1.29, 1.82) is 0 Å². The maximum absolute atomic E-state index is 11.9. The molecule has 1 rings (SSSR count). The fraction of sp³-hybridized carbons (Fsp3) is 0.400. The van der Waals surface area contributed by atoms with Crippen molar-refractivity contribution in [2.75, 3.05) is 6.61 Å². The molecule has 1 aromatic heterocycles. The van der Waals surface area contributed by atoms with Crippen LogP contribution in [0.15, 0.2) is 12.3 Å². The Labute approximate surface area is 95.0 Å². The second-order valence-electron chi connectivity index (χ2n) is 3.34. The summed E-state index contributed by atoms with van der Waals surface area (Å²) in [6, 6.07) is 1.29. The minimum absolute atomic E-state index is 0.103. The fourth-order valence-electron chi connectivity index (χ4n) is 1.09. The van der Waals surface area contributed by atoms with E-state index >= 15 is 0 Å². The van der Waals surface area contributed by atoms with Crippen LogP contribution in [0, 0.1) is 6.92 Å². The number of halogens is 3. The quantitative estimate of drug-likeness (QED) is 0.890. The van der Waals surface area contributed by atoms with Crippen molar-refractivity contribution in [3.8, 4) is 5.75 Å². The zero-order valence-electron chi connectivity index (χ0n) is 8.91. The first kappa shape index (κ1) is 13.3. The van der Waals surface area contributed by atoms with Crippen molar-refractivity contribution in [3.05, 3.63) is 23.5 Å². The summed E-state index contributed by atoms with van der Waals surface area (Å²) in [7, 11) is 0. The third-order valence-corrected chi connectivity index (χ3v) is 1.88. The Morgan fingerprint density at radius 2 is 2.18 bits per heavy atom. The molecule has 0 aliphatic carbocycles. The van der Waals surface area contributed by atoms with E-state index in [0.29, 0.717) is 5.69 Å². The lowest BCUT2D eigenvalue weighted by molar-refractivity contribution is -0.139. The average Bonchev–Trinajstić information content (AvgIpc) is 2.15. The molecule has 0 aromatic carbocycles. The Balaban J connectivity index is 2.75. The maximum atomic E-state index is 11.9. The highest BCUT2D eigenvalue weighted by atomic mass is 19.4. The molecule has 1 aromatic rings. The van der Waals surface area contributed by atoms with Gasteiger partial charge in [-0.05, 0) is 6.92 Å². The summed E-state index contributed by atoms with van der Waals surface area (Å²) in [4.78, 5) is 14.5. The molecule has 0 unspecified atom stereocenters. The van der Waals surface area contributed by atoms with Crippen molar-refractivity contribution < 1.29 is 27.8 Å². The molecule has 1 heterocycles. The molecule has 17 heavy (non-hydrogen) atoms. The van der Waals surface area contributed by atoms with E-state index in [-0.39, 0.29) is 11.3 Å². The van der Waals surface area contributed by atoms with E-state index in [1.807, 2.05) is 0 Å². The van der Waals surface area contributed by atoms with Gasteiger partial charge in [-0.2, -0.15) is 13.2 Å². The lowest BCUT2D eigenvalue weighted by Gasteiger charge is -2.10. The van der Waals surface area contributed by atoms with Gasteiger partial charge in [0.1, 0.15) is 11.3 Å². The molecule has 0 bridgehead atoms. The number of carbonyl (C=O) groups is 1. The van der Waals surface area contributed by atoms with Gasteiger partial charge >= 0.3 is 12.1 Å². The third-order valence-electron chi connectivity index (χ3n) is 1.88. The molecule has 0 aliphatic rings. The second-order valence-corrected chi connectivity index (χ2v) is 3.34. The highest BCUT2D eigenvalue weighted by Gasteiger charge is 2.27. The number of hydrogen-bond acceptors (Lipinski definition) is 3. The first-order valence-electron chi connectivity index (χ1n) is 4.69. The Hall–Kier alpha value is -1.79. The van der Waals surface area contributed by atoms with Crippen LogP contribution in [-0.2, 0) is 0 Å². The van der Waals surface area contributed by atoms with E-state index in [1.165, 1.54) is 6.07 Å². The van der Waals surface area contributed by atoms with Crippen LogP contribution in [0.1, 0.15) is 22.5 Å². The molecule has 1 N–H and O–H groups in total. The summed E-state index contributed by atoms with van der Waals surface area (Å²) in [6.45, 7) is 0.968. The van der Waals surface area contributed by atoms with Gasteiger partial charge in [-0.15, -0.1) is 0 Å². The summed E-state index contributed by atoms with van der Waals surface area (Å²) in [5, 5.41) is 8.77. The van der Waals surface area contributed by atoms with Crippen LogP contribution in [0.25, 0.3) is 0 Å². The number of aromatic nitrogens is 1. The van der Waals surface area contributed by atoms with Crippen molar-refractivity contribution in [2.45, 2.75) is 19.5 Å². The van der Waals surface area contributed by atoms with Crippen LogP contribution in [-0.4, -0.2) is 28.8 Å². The Morgan fingerprint density at radius 1 is 1.53 bits per heavy atom. The summed E-state index contributed by atoms with van der Waals surface area (Å²) in [5.74, 6) is -1.39. The third kappa shape index (κ3) is 4.29. The monoisotopic (exact) mass is 249 g/mol. The van der Waals surface area contributed by atoms with Crippen molar-refractivity contribution in [2.24, 2.45) is 0 Å². The molecule has 94 valence electrons. The van der Waals surface area contributed by atoms with E-state index in [9.17, 15) is 18.0 Å². The number of carboxylic acids is 1. The highest BCUT2D eigenvalue weighted by Crippen LogP contribution is 2.22. The van der Waals surface area contributed by atoms with Crippen LogP contribution in [0.3, 0.4) is 0 Å². The van der Waals surface area contributed by atoms with Gasteiger partial charge in [-0.3, -0.25) is 4.98 Å². The predicted octanol–water partition coefficient (Wildman–Crippen LogP) is 2.42. The lowest BCUT2D eigenvalue weighted by Crippen LogP contribution is -2.14.